The SMILES string of the molecule is COc1cc(CCO[C@@H]2CCCC[C@@H]2O)ccc1C. The fourth-order valence-electron chi connectivity index (χ4n) is 2.62. The highest BCUT2D eigenvalue weighted by atomic mass is 16.5. The van der Waals surface area contributed by atoms with Gasteiger partial charge in [0.1, 0.15) is 5.75 Å². The van der Waals surface area contributed by atoms with Crippen LogP contribution in [0.15, 0.2) is 18.2 Å². The summed E-state index contributed by atoms with van der Waals surface area (Å²) >= 11 is 0. The molecule has 0 heterocycles. The lowest BCUT2D eigenvalue weighted by Crippen LogP contribution is -2.32. The van der Waals surface area contributed by atoms with Gasteiger partial charge in [-0.3, -0.25) is 0 Å². The zero-order valence-corrected chi connectivity index (χ0v) is 11.9. The summed E-state index contributed by atoms with van der Waals surface area (Å²) in [6.07, 6.45) is 4.76. The molecule has 0 aliphatic heterocycles. The summed E-state index contributed by atoms with van der Waals surface area (Å²) in [7, 11) is 1.70. The smallest absolute Gasteiger partial charge is 0.122 e. The Labute approximate surface area is 115 Å². The number of rotatable bonds is 5. The minimum atomic E-state index is -0.277. The van der Waals surface area contributed by atoms with Gasteiger partial charge in [-0.15, -0.1) is 0 Å². The van der Waals surface area contributed by atoms with E-state index < -0.39 is 0 Å². The van der Waals surface area contributed by atoms with Crippen LogP contribution in [0, 0.1) is 6.92 Å². The van der Waals surface area contributed by atoms with E-state index in [0.717, 1.165) is 37.0 Å². The minimum absolute atomic E-state index is 0.0288. The highest BCUT2D eigenvalue weighted by Gasteiger charge is 2.23. The molecule has 1 aromatic carbocycles. The van der Waals surface area contributed by atoms with Gasteiger partial charge in [0.25, 0.3) is 0 Å². The van der Waals surface area contributed by atoms with E-state index in [0.29, 0.717) is 6.61 Å². The molecule has 0 radical (unpaired) electrons. The monoisotopic (exact) mass is 264 g/mol. The van der Waals surface area contributed by atoms with Gasteiger partial charge in [0.15, 0.2) is 0 Å². The molecule has 1 aliphatic carbocycles. The lowest BCUT2D eigenvalue weighted by molar-refractivity contribution is -0.0575. The minimum Gasteiger partial charge on any atom is -0.496 e. The maximum atomic E-state index is 9.84. The molecule has 2 atom stereocenters. The molecule has 3 heteroatoms. The largest absolute Gasteiger partial charge is 0.496 e. The number of hydrogen-bond donors (Lipinski definition) is 1. The third-order valence-corrected chi connectivity index (χ3v) is 3.86. The summed E-state index contributed by atoms with van der Waals surface area (Å²) in [6.45, 7) is 2.70. The van der Waals surface area contributed by atoms with E-state index >= 15 is 0 Å². The fourth-order valence-corrected chi connectivity index (χ4v) is 2.62. The Hall–Kier alpha value is -1.06. The van der Waals surface area contributed by atoms with Crippen LogP contribution in [0.4, 0.5) is 0 Å². The predicted molar refractivity (Wildman–Crippen MR) is 75.6 cm³/mol. The Morgan fingerprint density at radius 2 is 2.05 bits per heavy atom. The second kappa shape index (κ2) is 6.92. The quantitative estimate of drug-likeness (QED) is 0.888. The van der Waals surface area contributed by atoms with E-state index in [2.05, 4.69) is 18.2 Å². The van der Waals surface area contributed by atoms with Crippen molar-refractivity contribution in [2.45, 2.75) is 51.2 Å². The van der Waals surface area contributed by atoms with Crippen molar-refractivity contribution in [2.24, 2.45) is 0 Å². The van der Waals surface area contributed by atoms with Crippen LogP contribution in [0.3, 0.4) is 0 Å². The number of aliphatic hydroxyl groups excluding tert-OH is 1. The number of methoxy groups -OCH3 is 1. The Morgan fingerprint density at radius 1 is 1.26 bits per heavy atom. The van der Waals surface area contributed by atoms with Gasteiger partial charge < -0.3 is 14.6 Å². The van der Waals surface area contributed by atoms with Gasteiger partial charge in [-0.05, 0) is 43.4 Å². The van der Waals surface area contributed by atoms with Crippen LogP contribution in [-0.2, 0) is 11.2 Å². The average Bonchev–Trinajstić information content (AvgIpc) is 2.43. The van der Waals surface area contributed by atoms with Crippen molar-refractivity contribution in [1.29, 1.82) is 0 Å². The van der Waals surface area contributed by atoms with E-state index in [1.165, 1.54) is 12.0 Å². The van der Waals surface area contributed by atoms with E-state index in [9.17, 15) is 5.11 Å². The maximum Gasteiger partial charge on any atom is 0.122 e. The van der Waals surface area contributed by atoms with Gasteiger partial charge in [-0.2, -0.15) is 0 Å². The number of benzene rings is 1. The first kappa shape index (κ1) is 14.4. The number of hydrogen-bond acceptors (Lipinski definition) is 3. The lowest BCUT2D eigenvalue weighted by atomic mass is 9.95. The van der Waals surface area contributed by atoms with Gasteiger partial charge in [0, 0.05) is 0 Å². The van der Waals surface area contributed by atoms with Gasteiger partial charge in [0.2, 0.25) is 0 Å². The third kappa shape index (κ3) is 3.95. The number of aliphatic hydroxyl groups is 1. The van der Waals surface area contributed by atoms with Crippen molar-refractivity contribution in [2.75, 3.05) is 13.7 Å². The fraction of sp³-hybridized carbons (Fsp3) is 0.625. The third-order valence-electron chi connectivity index (χ3n) is 3.86. The molecule has 1 N–H and O–H groups in total. The number of ether oxygens (including phenoxy) is 2. The number of aryl methyl sites for hydroxylation is 1. The van der Waals surface area contributed by atoms with Gasteiger partial charge in [-0.25, -0.2) is 0 Å². The Kier molecular flexibility index (Phi) is 5.23. The van der Waals surface area contributed by atoms with Crippen LogP contribution in [0.2, 0.25) is 0 Å². The van der Waals surface area contributed by atoms with Crippen LogP contribution >= 0.6 is 0 Å². The van der Waals surface area contributed by atoms with Crippen molar-refractivity contribution in [3.63, 3.8) is 0 Å². The molecule has 0 unspecified atom stereocenters. The normalized spacial score (nSPS) is 23.3. The summed E-state index contributed by atoms with van der Waals surface area (Å²) in [5.74, 6) is 0.926. The zero-order chi connectivity index (χ0) is 13.7. The lowest BCUT2D eigenvalue weighted by Gasteiger charge is -2.27. The molecule has 0 amide bonds. The van der Waals surface area contributed by atoms with Crippen LogP contribution in [-0.4, -0.2) is 31.0 Å². The van der Waals surface area contributed by atoms with E-state index in [-0.39, 0.29) is 12.2 Å². The summed E-state index contributed by atoms with van der Waals surface area (Å²) in [5, 5.41) is 9.84. The first-order chi connectivity index (χ1) is 9.20. The molecule has 0 spiro atoms. The second-order valence-electron chi connectivity index (χ2n) is 5.32. The van der Waals surface area contributed by atoms with Crippen LogP contribution < -0.4 is 4.74 Å². The Bertz CT molecular complexity index is 403. The van der Waals surface area contributed by atoms with Gasteiger partial charge in [0.05, 0.1) is 25.9 Å². The molecule has 1 fully saturated rings. The molecule has 19 heavy (non-hydrogen) atoms. The molecule has 1 aliphatic rings. The molecule has 106 valence electrons. The van der Waals surface area contributed by atoms with E-state index in [1.807, 2.05) is 6.92 Å². The molecule has 0 bridgehead atoms. The topological polar surface area (TPSA) is 38.7 Å². The summed E-state index contributed by atoms with van der Waals surface area (Å²) in [6, 6.07) is 6.25. The molecule has 3 nitrogen and oxygen atoms in total. The van der Waals surface area contributed by atoms with Crippen molar-refractivity contribution in [3.8, 4) is 5.75 Å². The molecule has 0 saturated heterocycles. The summed E-state index contributed by atoms with van der Waals surface area (Å²) < 4.78 is 11.1. The zero-order valence-electron chi connectivity index (χ0n) is 11.9. The van der Waals surface area contributed by atoms with Crippen molar-refractivity contribution < 1.29 is 14.6 Å². The van der Waals surface area contributed by atoms with E-state index in [4.69, 9.17) is 9.47 Å². The second-order valence-corrected chi connectivity index (χ2v) is 5.32. The summed E-state index contributed by atoms with van der Waals surface area (Å²) in [4.78, 5) is 0. The molecule has 1 aromatic rings. The highest BCUT2D eigenvalue weighted by molar-refractivity contribution is 5.36. The molecule has 0 aromatic heterocycles. The first-order valence-corrected chi connectivity index (χ1v) is 7.14. The Morgan fingerprint density at radius 3 is 2.79 bits per heavy atom. The molecular weight excluding hydrogens is 240 g/mol. The van der Waals surface area contributed by atoms with Crippen LogP contribution in [0.25, 0.3) is 0 Å². The molecule has 1 saturated carbocycles. The van der Waals surface area contributed by atoms with Crippen molar-refractivity contribution >= 4 is 0 Å². The van der Waals surface area contributed by atoms with Crippen molar-refractivity contribution in [1.82, 2.24) is 0 Å². The highest BCUT2D eigenvalue weighted by Crippen LogP contribution is 2.22. The standard InChI is InChI=1S/C16H24O3/c1-12-7-8-13(11-16(12)18-2)9-10-19-15-6-4-3-5-14(15)17/h7-8,11,14-15,17H,3-6,9-10H2,1-2H3/t14-,15+/m0/s1. The maximum absolute atomic E-state index is 9.84. The predicted octanol–water partition coefficient (Wildman–Crippen LogP) is 2.87. The van der Waals surface area contributed by atoms with Crippen molar-refractivity contribution in [3.05, 3.63) is 29.3 Å². The van der Waals surface area contributed by atoms with Crippen LogP contribution in [0.5, 0.6) is 5.75 Å². The van der Waals surface area contributed by atoms with Crippen LogP contribution in [0.1, 0.15) is 36.8 Å². The Balaban J connectivity index is 1.82. The first-order valence-electron chi connectivity index (χ1n) is 7.14. The van der Waals surface area contributed by atoms with E-state index in [1.54, 1.807) is 7.11 Å². The average molecular weight is 264 g/mol. The molecule has 2 rings (SSSR count). The summed E-state index contributed by atoms with van der Waals surface area (Å²) in [5.41, 5.74) is 2.36. The molecular formula is C16H24O3. The van der Waals surface area contributed by atoms with Gasteiger partial charge >= 0.3 is 0 Å². The van der Waals surface area contributed by atoms with Gasteiger partial charge in [-0.1, -0.05) is 25.0 Å².